The monoisotopic (exact) mass is 446 g/mol. The van der Waals surface area contributed by atoms with Crippen molar-refractivity contribution in [3.63, 3.8) is 0 Å². The van der Waals surface area contributed by atoms with Crippen LogP contribution in [-0.2, 0) is 25.7 Å². The molecule has 3 heterocycles. The number of hydrogen-bond acceptors (Lipinski definition) is 6. The lowest BCUT2D eigenvalue weighted by Crippen LogP contribution is -2.36. The number of fused-ring (bicyclic) bond motifs is 1. The maximum atomic E-state index is 12.9. The Hall–Kier alpha value is -3.40. The summed E-state index contributed by atoms with van der Waals surface area (Å²) in [6.45, 7) is 1.22. The summed E-state index contributed by atoms with van der Waals surface area (Å²) in [5.41, 5.74) is 2.16. The minimum absolute atomic E-state index is 0.205. The molecular formula is C22H21F3N4O3. The number of nitrogens with one attached hydrogen (secondary N) is 1. The molecule has 0 saturated carbocycles. The fourth-order valence-electron chi connectivity index (χ4n) is 3.70. The van der Waals surface area contributed by atoms with Crippen molar-refractivity contribution in [2.45, 2.75) is 25.7 Å². The van der Waals surface area contributed by atoms with Gasteiger partial charge in [-0.3, -0.25) is 14.7 Å². The number of alkyl halides is 3. The molecule has 1 N–H and O–H groups in total. The summed E-state index contributed by atoms with van der Waals surface area (Å²) in [5, 5.41) is 0. The molecule has 10 heteroatoms. The minimum atomic E-state index is -4.68. The second-order valence-corrected chi connectivity index (χ2v) is 7.42. The van der Waals surface area contributed by atoms with E-state index in [1.807, 2.05) is 34.1 Å². The first-order valence-electron chi connectivity index (χ1n) is 9.87. The van der Waals surface area contributed by atoms with E-state index in [2.05, 4.69) is 9.97 Å². The molecule has 0 radical (unpaired) electrons. The molecular weight excluding hydrogens is 425 g/mol. The van der Waals surface area contributed by atoms with Gasteiger partial charge < -0.3 is 14.5 Å². The van der Waals surface area contributed by atoms with E-state index >= 15 is 0 Å². The molecule has 168 valence electrons. The van der Waals surface area contributed by atoms with E-state index < -0.39 is 17.6 Å². The normalized spacial score (nSPS) is 14.2. The van der Waals surface area contributed by atoms with Crippen molar-refractivity contribution in [1.29, 1.82) is 0 Å². The van der Waals surface area contributed by atoms with Crippen LogP contribution in [0.25, 0.3) is 11.3 Å². The van der Waals surface area contributed by atoms with Crippen LogP contribution in [0.2, 0.25) is 0 Å². The molecule has 3 aromatic rings. The topological polar surface area (TPSA) is 80.3 Å². The van der Waals surface area contributed by atoms with Gasteiger partial charge in [0.25, 0.3) is 5.56 Å². The molecule has 7 nitrogen and oxygen atoms in total. The van der Waals surface area contributed by atoms with Gasteiger partial charge in [-0.05, 0) is 29.8 Å². The zero-order chi connectivity index (χ0) is 22.9. The fraction of sp³-hybridized carbons (Fsp3) is 0.318. The van der Waals surface area contributed by atoms with Gasteiger partial charge in [0.05, 0.1) is 31.2 Å². The summed E-state index contributed by atoms with van der Waals surface area (Å²) in [4.78, 5) is 24.2. The molecule has 0 saturated heterocycles. The second-order valence-electron chi connectivity index (χ2n) is 7.42. The average molecular weight is 446 g/mol. The van der Waals surface area contributed by atoms with E-state index in [1.165, 1.54) is 0 Å². The average Bonchev–Trinajstić information content (AvgIpc) is 2.79. The summed E-state index contributed by atoms with van der Waals surface area (Å²) >= 11 is 0. The van der Waals surface area contributed by atoms with Crippen molar-refractivity contribution >= 4 is 0 Å². The minimum Gasteiger partial charge on any atom is -0.497 e. The van der Waals surface area contributed by atoms with Crippen LogP contribution in [0, 0.1) is 0 Å². The van der Waals surface area contributed by atoms with Crippen molar-refractivity contribution in [3.8, 4) is 22.8 Å². The van der Waals surface area contributed by atoms with Gasteiger partial charge in [0.15, 0.2) is 0 Å². The van der Waals surface area contributed by atoms with E-state index in [4.69, 9.17) is 9.47 Å². The first kappa shape index (κ1) is 21.8. The number of benzene rings is 1. The molecule has 4 rings (SSSR count). The second kappa shape index (κ2) is 8.62. The largest absolute Gasteiger partial charge is 0.497 e. The van der Waals surface area contributed by atoms with Crippen LogP contribution in [-0.4, -0.2) is 40.6 Å². The van der Waals surface area contributed by atoms with E-state index in [-0.39, 0.29) is 24.2 Å². The third-order valence-corrected chi connectivity index (χ3v) is 5.33. The number of aromatic amines is 1. The van der Waals surface area contributed by atoms with Crippen molar-refractivity contribution in [2.75, 3.05) is 20.8 Å². The van der Waals surface area contributed by atoms with E-state index in [0.717, 1.165) is 11.1 Å². The Morgan fingerprint density at radius 2 is 1.97 bits per heavy atom. The number of nitrogens with zero attached hydrogens (tertiary/aromatic N) is 3. The van der Waals surface area contributed by atoms with Gasteiger partial charge >= 0.3 is 6.18 Å². The quantitative estimate of drug-likeness (QED) is 0.647. The highest BCUT2D eigenvalue weighted by Crippen LogP contribution is 2.32. The molecule has 2 aromatic heterocycles. The molecule has 1 aliphatic heterocycles. The Labute approximate surface area is 181 Å². The highest BCUT2D eigenvalue weighted by atomic mass is 19.4. The predicted octanol–water partition coefficient (Wildman–Crippen LogP) is 3.43. The summed E-state index contributed by atoms with van der Waals surface area (Å²) < 4.78 is 49.3. The van der Waals surface area contributed by atoms with Crippen LogP contribution in [0.15, 0.2) is 41.3 Å². The maximum Gasteiger partial charge on any atom is 0.449 e. The fourth-order valence-corrected chi connectivity index (χ4v) is 3.70. The lowest BCUT2D eigenvalue weighted by Gasteiger charge is -2.27. The van der Waals surface area contributed by atoms with Crippen LogP contribution in [0.3, 0.4) is 0 Å². The van der Waals surface area contributed by atoms with E-state index in [1.54, 1.807) is 26.5 Å². The Balaban J connectivity index is 1.51. The van der Waals surface area contributed by atoms with Crippen molar-refractivity contribution < 1.29 is 22.6 Å². The molecule has 1 aliphatic rings. The van der Waals surface area contributed by atoms with Crippen LogP contribution in [0.1, 0.15) is 22.6 Å². The highest BCUT2D eigenvalue weighted by molar-refractivity contribution is 5.69. The molecule has 1 aromatic carbocycles. The van der Waals surface area contributed by atoms with Crippen molar-refractivity contribution in [2.24, 2.45) is 0 Å². The van der Waals surface area contributed by atoms with Gasteiger partial charge in [0.1, 0.15) is 11.5 Å². The number of rotatable bonds is 5. The number of pyridine rings is 1. The van der Waals surface area contributed by atoms with Gasteiger partial charge in [0.2, 0.25) is 5.82 Å². The summed E-state index contributed by atoms with van der Waals surface area (Å²) in [6.07, 6.45) is -2.67. The Kier molecular flexibility index (Phi) is 5.88. The van der Waals surface area contributed by atoms with Gasteiger partial charge in [-0.1, -0.05) is 6.07 Å². The molecule has 0 fully saturated rings. The highest BCUT2D eigenvalue weighted by Gasteiger charge is 2.35. The zero-order valence-electron chi connectivity index (χ0n) is 17.5. The maximum absolute atomic E-state index is 12.9. The molecule has 0 amide bonds. The molecule has 0 unspecified atom stereocenters. The number of ether oxygens (including phenoxy) is 2. The van der Waals surface area contributed by atoms with E-state index in [0.29, 0.717) is 30.3 Å². The third-order valence-electron chi connectivity index (χ3n) is 5.33. The van der Waals surface area contributed by atoms with Crippen molar-refractivity contribution in [3.05, 3.63) is 69.5 Å². The molecule has 32 heavy (non-hydrogen) atoms. The standard InChI is InChI=1S/C22H21F3N4O3/c1-31-14-4-6-19(32-2)15(9-14)17-5-3-13(10-26-17)11-29-8-7-18-16(12-29)20(30)28-21(27-18)22(23,24)25/h3-6,9-10H,7-8,11-12H2,1-2H3,(H,27,28,30). The molecule has 0 atom stereocenters. The Bertz CT molecular complexity index is 1180. The summed E-state index contributed by atoms with van der Waals surface area (Å²) in [6, 6.07) is 9.25. The van der Waals surface area contributed by atoms with Gasteiger partial charge in [-0.2, -0.15) is 13.2 Å². The number of hydrogen-bond donors (Lipinski definition) is 1. The van der Waals surface area contributed by atoms with Gasteiger partial charge in [-0.15, -0.1) is 0 Å². The van der Waals surface area contributed by atoms with Gasteiger partial charge in [0, 0.05) is 37.8 Å². The summed E-state index contributed by atoms with van der Waals surface area (Å²) in [7, 11) is 3.17. The number of halogens is 3. The number of H-pyrrole nitrogens is 1. The number of methoxy groups -OCH3 is 2. The molecule has 0 bridgehead atoms. The van der Waals surface area contributed by atoms with Crippen LogP contribution < -0.4 is 15.0 Å². The smallest absolute Gasteiger partial charge is 0.449 e. The Morgan fingerprint density at radius 3 is 2.62 bits per heavy atom. The lowest BCUT2D eigenvalue weighted by atomic mass is 10.1. The zero-order valence-corrected chi connectivity index (χ0v) is 17.5. The number of aromatic nitrogens is 3. The molecule has 0 aliphatic carbocycles. The first-order chi connectivity index (χ1) is 15.3. The Morgan fingerprint density at radius 1 is 1.16 bits per heavy atom. The van der Waals surface area contributed by atoms with Crippen LogP contribution in [0.4, 0.5) is 13.2 Å². The molecule has 0 spiro atoms. The van der Waals surface area contributed by atoms with E-state index in [9.17, 15) is 18.0 Å². The summed E-state index contributed by atoms with van der Waals surface area (Å²) in [5.74, 6) is 0.109. The lowest BCUT2D eigenvalue weighted by molar-refractivity contribution is -0.145. The van der Waals surface area contributed by atoms with Crippen LogP contribution in [0.5, 0.6) is 11.5 Å². The predicted molar refractivity (Wildman–Crippen MR) is 110 cm³/mol. The van der Waals surface area contributed by atoms with Crippen molar-refractivity contribution in [1.82, 2.24) is 19.9 Å². The van der Waals surface area contributed by atoms with Crippen LogP contribution >= 0.6 is 0 Å². The third kappa shape index (κ3) is 4.45. The first-order valence-corrected chi connectivity index (χ1v) is 9.87. The SMILES string of the molecule is COc1ccc(OC)c(-c2ccc(CN3CCc4nc(C(F)(F)F)[nH]c(=O)c4C3)cn2)c1. The van der Waals surface area contributed by atoms with Gasteiger partial charge in [-0.25, -0.2) is 4.98 Å².